The fourth-order valence-corrected chi connectivity index (χ4v) is 7.53. The predicted octanol–water partition coefficient (Wildman–Crippen LogP) is 4.41. The molecule has 8 N–H and O–H groups in total. The highest BCUT2D eigenvalue weighted by Crippen LogP contribution is 2.35. The molecular formula is C54H83N7O15. The highest BCUT2D eigenvalue weighted by atomic mass is 16.6. The van der Waals surface area contributed by atoms with Crippen molar-refractivity contribution in [2.75, 3.05) is 41.0 Å². The average molecular weight is 1070 g/mol. The predicted molar refractivity (Wildman–Crippen MR) is 283 cm³/mol. The lowest BCUT2D eigenvalue weighted by atomic mass is 9.98. The van der Waals surface area contributed by atoms with E-state index < -0.39 is 120 Å². The molecule has 0 aliphatic rings. The third-order valence-electron chi connectivity index (χ3n) is 11.8. The zero-order valence-corrected chi connectivity index (χ0v) is 46.6. The smallest absolute Gasteiger partial charge is 0.417 e. The molecule has 76 heavy (non-hydrogen) atoms. The van der Waals surface area contributed by atoms with E-state index in [1.165, 1.54) is 39.5 Å². The number of esters is 1. The number of hydrogen-bond donors (Lipinski definition) is 6. The minimum atomic E-state index is -1.88. The number of nitrogens with one attached hydrogen (secondary N) is 3. The average Bonchev–Trinajstić information content (AvgIpc) is 3.34. The van der Waals surface area contributed by atoms with Gasteiger partial charge >= 0.3 is 18.0 Å². The Hall–Kier alpha value is -6.94. The number of carboxylic acids is 1. The Kier molecular flexibility index (Phi) is 26.2. The molecule has 0 radical (unpaired) electrons. The molecule has 0 saturated carbocycles. The lowest BCUT2D eigenvalue weighted by Gasteiger charge is -2.35. The molecule has 424 valence electrons. The van der Waals surface area contributed by atoms with E-state index in [1.54, 1.807) is 72.7 Å². The molecule has 22 heteroatoms. The van der Waals surface area contributed by atoms with E-state index in [4.69, 9.17) is 39.9 Å². The zero-order valence-electron chi connectivity index (χ0n) is 46.6. The number of carboxylic acid groups (broad SMARTS) is 1. The molecule has 0 aliphatic carbocycles. The van der Waals surface area contributed by atoms with E-state index >= 15 is 4.79 Å². The van der Waals surface area contributed by atoms with Gasteiger partial charge in [0.15, 0.2) is 0 Å². The fourth-order valence-electron chi connectivity index (χ4n) is 7.53. The van der Waals surface area contributed by atoms with Crippen LogP contribution in [0.5, 0.6) is 23.0 Å². The largest absolute Gasteiger partial charge is 0.496 e. The molecule has 0 heterocycles. The summed E-state index contributed by atoms with van der Waals surface area (Å²) in [5.41, 5.74) is 11.2. The Morgan fingerprint density at radius 1 is 0.789 bits per heavy atom. The Balaban J connectivity index is 2.93. The van der Waals surface area contributed by atoms with E-state index in [-0.39, 0.29) is 49.5 Å². The summed E-state index contributed by atoms with van der Waals surface area (Å²) in [6, 6.07) is 2.14. The quantitative estimate of drug-likeness (QED) is 0.0359. The molecule has 0 unspecified atom stereocenters. The number of aliphatic carboxylic acids is 1. The van der Waals surface area contributed by atoms with Crippen LogP contribution in [0.15, 0.2) is 49.1 Å². The standard InChI is InChI=1S/C54H83N7O15/c1-15-25-74-44(63)29-39(58-48(65)40(19-17-18-24-55)61(50(67)45(56)32(3)4)52(70)76-54(9,10)11)49(66)60(30-37-41(72-13)27-36(71-12)28-42(37)73-14)31-43(62)57-38(47(64)59-46(51(68)69)33(5)16-2)26-34-20-22-35(23-21-34)75-53(6,7)8/h15,20-23,27-28,32-33,38-40,45-46H,1,16-19,24-26,29-31,55-56H2,2-14H3,(H,57,62)(H,58,65)(H,59,64)(H,68,69)/t33-,38-,39-,40-,45-,46-/m0/s1. The third-order valence-corrected chi connectivity index (χ3v) is 11.8. The maximum atomic E-state index is 15.4. The molecule has 2 aromatic carbocycles. The van der Waals surface area contributed by atoms with E-state index in [2.05, 4.69) is 22.5 Å². The molecule has 2 rings (SSSR count). The Bertz CT molecular complexity index is 2270. The first-order valence-corrected chi connectivity index (χ1v) is 25.3. The molecule has 0 bridgehead atoms. The first-order valence-electron chi connectivity index (χ1n) is 25.3. The summed E-state index contributed by atoms with van der Waals surface area (Å²) in [6.45, 7) is 19.1. The third kappa shape index (κ3) is 21.0. The number of imide groups is 1. The number of nitrogens with zero attached hydrogens (tertiary/aromatic N) is 2. The zero-order chi connectivity index (χ0) is 57.7. The van der Waals surface area contributed by atoms with Gasteiger partial charge in [-0.3, -0.25) is 28.8 Å². The summed E-state index contributed by atoms with van der Waals surface area (Å²) in [5, 5.41) is 17.9. The number of unbranched alkanes of at least 4 members (excludes halogenated alkanes) is 1. The lowest BCUT2D eigenvalue weighted by molar-refractivity contribution is -0.149. The molecule has 6 atom stereocenters. The van der Waals surface area contributed by atoms with Crippen LogP contribution >= 0.6 is 0 Å². The first kappa shape index (κ1) is 65.2. The second-order valence-corrected chi connectivity index (χ2v) is 20.6. The highest BCUT2D eigenvalue weighted by molar-refractivity contribution is 6.02. The SMILES string of the molecule is C=CCOC(=O)C[C@H](NC(=O)[C@H](CCCCN)N(C(=O)OC(C)(C)C)C(=O)[C@@H](N)C(C)C)C(=O)N(CC(=O)N[C@@H](Cc1ccc(OC(C)(C)C)cc1)C(=O)N[C@H](C(=O)O)[C@@H](C)CC)Cc1c(OC)cc(OC)cc1OC. The number of nitrogens with two attached hydrogens (primary N) is 2. The van der Waals surface area contributed by atoms with Crippen molar-refractivity contribution >= 4 is 47.6 Å². The molecule has 22 nitrogen and oxygen atoms in total. The van der Waals surface area contributed by atoms with Gasteiger partial charge in [-0.15, -0.1) is 0 Å². The number of ether oxygens (including phenoxy) is 6. The van der Waals surface area contributed by atoms with Gasteiger partial charge in [-0.05, 0) is 96.9 Å². The van der Waals surface area contributed by atoms with Gasteiger partial charge in [-0.25, -0.2) is 14.5 Å². The molecule has 0 saturated heterocycles. The summed E-state index contributed by atoms with van der Waals surface area (Å²) in [4.78, 5) is 115. The number of rotatable bonds is 30. The van der Waals surface area contributed by atoms with Crippen LogP contribution in [0.1, 0.15) is 112 Å². The van der Waals surface area contributed by atoms with Crippen LogP contribution in [0.4, 0.5) is 4.79 Å². The maximum Gasteiger partial charge on any atom is 0.417 e. The number of hydrogen-bond acceptors (Lipinski definition) is 16. The minimum absolute atomic E-state index is 0.134. The number of carbonyl (C=O) groups is 8. The Morgan fingerprint density at radius 3 is 1.88 bits per heavy atom. The monoisotopic (exact) mass is 1070 g/mol. The summed E-state index contributed by atoms with van der Waals surface area (Å²) >= 11 is 0. The van der Waals surface area contributed by atoms with Crippen LogP contribution in [0.3, 0.4) is 0 Å². The molecule has 0 aromatic heterocycles. The lowest BCUT2D eigenvalue weighted by Crippen LogP contribution is -2.61. The highest BCUT2D eigenvalue weighted by Gasteiger charge is 2.42. The Labute approximate surface area is 447 Å². The van der Waals surface area contributed by atoms with Crippen LogP contribution in [-0.4, -0.2) is 145 Å². The van der Waals surface area contributed by atoms with Gasteiger partial charge in [0.1, 0.15) is 65.0 Å². The molecule has 2 aromatic rings. The van der Waals surface area contributed by atoms with Gasteiger partial charge in [-0.2, -0.15) is 0 Å². The maximum absolute atomic E-state index is 15.4. The number of methoxy groups -OCH3 is 3. The van der Waals surface area contributed by atoms with Crippen LogP contribution in [0.2, 0.25) is 0 Å². The van der Waals surface area contributed by atoms with E-state index in [1.807, 2.05) is 20.8 Å². The summed E-state index contributed by atoms with van der Waals surface area (Å²) in [6.07, 6.45) is -0.138. The second-order valence-electron chi connectivity index (χ2n) is 20.6. The molecule has 6 amide bonds. The van der Waals surface area contributed by atoms with Gasteiger partial charge in [0.25, 0.3) is 0 Å². The molecular weight excluding hydrogens is 987 g/mol. The summed E-state index contributed by atoms with van der Waals surface area (Å²) in [5.74, 6) is -7.08. The van der Waals surface area contributed by atoms with Crippen molar-refractivity contribution in [3.63, 3.8) is 0 Å². The fraction of sp³-hybridized carbons (Fsp3) is 0.593. The van der Waals surface area contributed by atoms with E-state index in [9.17, 15) is 38.7 Å². The van der Waals surface area contributed by atoms with Gasteiger partial charge in [-0.1, -0.05) is 58.9 Å². The van der Waals surface area contributed by atoms with Crippen LogP contribution in [-0.2, 0) is 56.0 Å². The second kappa shape index (κ2) is 30.6. The van der Waals surface area contributed by atoms with Crippen LogP contribution in [0, 0.1) is 11.8 Å². The number of carbonyl (C=O) groups excluding carboxylic acids is 7. The van der Waals surface area contributed by atoms with Crippen molar-refractivity contribution in [1.29, 1.82) is 0 Å². The van der Waals surface area contributed by atoms with Crippen molar-refractivity contribution < 1.29 is 71.9 Å². The normalized spacial score (nSPS) is 13.8. The van der Waals surface area contributed by atoms with Crippen molar-refractivity contribution in [2.24, 2.45) is 23.3 Å². The van der Waals surface area contributed by atoms with Gasteiger partial charge < -0.3 is 65.8 Å². The Morgan fingerprint density at radius 2 is 1.39 bits per heavy atom. The van der Waals surface area contributed by atoms with Gasteiger partial charge in [0.2, 0.25) is 29.5 Å². The molecule has 0 spiro atoms. The van der Waals surface area contributed by atoms with Crippen LogP contribution in [0.25, 0.3) is 0 Å². The topological polar surface area (TPSA) is 307 Å². The van der Waals surface area contributed by atoms with E-state index in [0.717, 1.165) is 4.90 Å². The van der Waals surface area contributed by atoms with Crippen molar-refractivity contribution in [2.45, 2.75) is 156 Å². The first-order chi connectivity index (χ1) is 35.5. The van der Waals surface area contributed by atoms with Crippen LogP contribution < -0.4 is 46.4 Å². The summed E-state index contributed by atoms with van der Waals surface area (Å²) < 4.78 is 33.7. The van der Waals surface area contributed by atoms with Gasteiger partial charge in [0, 0.05) is 18.6 Å². The summed E-state index contributed by atoms with van der Waals surface area (Å²) in [7, 11) is 4.10. The van der Waals surface area contributed by atoms with Gasteiger partial charge in [0.05, 0.1) is 52.4 Å². The minimum Gasteiger partial charge on any atom is -0.496 e. The van der Waals surface area contributed by atoms with Crippen molar-refractivity contribution in [3.05, 3.63) is 60.2 Å². The van der Waals surface area contributed by atoms with E-state index in [0.29, 0.717) is 34.8 Å². The molecule has 0 fully saturated rings. The number of amides is 6. The molecule has 0 aliphatic heterocycles. The van der Waals surface area contributed by atoms with Crippen molar-refractivity contribution in [1.82, 2.24) is 25.8 Å². The van der Waals surface area contributed by atoms with Crippen molar-refractivity contribution in [3.8, 4) is 23.0 Å². The number of benzene rings is 2.